The molecule has 0 fully saturated rings. The van der Waals surface area contributed by atoms with Crippen molar-refractivity contribution in [2.45, 2.75) is 0 Å². The molecule has 4 heteroatoms. The van der Waals surface area contributed by atoms with Crippen molar-refractivity contribution in [3.8, 4) is 10.6 Å². The zero-order valence-corrected chi connectivity index (χ0v) is 6.72. The quantitative estimate of drug-likeness (QED) is 0.569. The molecular weight excluding hydrogens is 174 g/mol. The normalized spacial score (nSPS) is 11.7. The number of hydrogen-bond donors (Lipinski definition) is 0. The highest BCUT2D eigenvalue weighted by Crippen LogP contribution is 2.31. The zero-order chi connectivity index (χ0) is 8.13. The summed E-state index contributed by atoms with van der Waals surface area (Å²) >= 11 is 1.56. The molecule has 0 saturated heterocycles. The Hall–Kier alpha value is -1.42. The van der Waals surface area contributed by atoms with Crippen molar-refractivity contribution in [2.75, 3.05) is 0 Å². The molecule has 0 unspecified atom stereocenters. The Morgan fingerprint density at radius 2 is 2.42 bits per heavy atom. The Balaban J connectivity index is 2.32. The maximum Gasteiger partial charge on any atom is 0.238 e. The maximum absolute atomic E-state index is 10.9. The summed E-state index contributed by atoms with van der Waals surface area (Å²) in [5, 5.41) is 6.40. The van der Waals surface area contributed by atoms with Crippen molar-refractivity contribution in [3.63, 3.8) is 0 Å². The lowest BCUT2D eigenvalue weighted by atomic mass is 10.3. The Labute approximate surface area is 70.9 Å². The smallest absolute Gasteiger partial charge is 0.238 e. The molecule has 0 saturated carbocycles. The van der Waals surface area contributed by atoms with E-state index in [1.54, 1.807) is 11.3 Å². The van der Waals surface area contributed by atoms with Crippen LogP contribution in [0.4, 0.5) is 0 Å². The van der Waals surface area contributed by atoms with Gasteiger partial charge in [-0.1, -0.05) is 11.2 Å². The molecule has 58 valence electrons. The van der Waals surface area contributed by atoms with Crippen LogP contribution in [0.5, 0.6) is 0 Å². The van der Waals surface area contributed by atoms with E-state index in [1.807, 2.05) is 17.5 Å². The van der Waals surface area contributed by atoms with Crippen LogP contribution in [-0.2, 0) is 0 Å². The summed E-state index contributed by atoms with van der Waals surface area (Å²) in [6.07, 6.45) is 0. The Kier molecular flexibility index (Phi) is 0.941. The average Bonchev–Trinajstić information content (AvgIpc) is 2.65. The molecule has 0 aliphatic rings. The Morgan fingerprint density at radius 1 is 1.50 bits per heavy atom. The molecule has 3 aromatic rings. The van der Waals surface area contributed by atoms with E-state index in [1.165, 1.54) is 0 Å². The topological polar surface area (TPSA) is 43.1 Å². The lowest BCUT2D eigenvalue weighted by Gasteiger charge is -1.83. The van der Waals surface area contributed by atoms with Crippen LogP contribution in [0.15, 0.2) is 26.8 Å². The van der Waals surface area contributed by atoms with Crippen LogP contribution in [0.1, 0.15) is 0 Å². The van der Waals surface area contributed by atoms with Crippen molar-refractivity contribution in [3.05, 3.63) is 27.7 Å². The van der Waals surface area contributed by atoms with Gasteiger partial charge in [-0.25, -0.2) is 0 Å². The van der Waals surface area contributed by atoms with E-state index in [0.29, 0.717) is 16.7 Å². The van der Waals surface area contributed by atoms with Gasteiger partial charge >= 0.3 is 0 Å². The van der Waals surface area contributed by atoms with E-state index in [2.05, 4.69) is 5.16 Å². The van der Waals surface area contributed by atoms with E-state index < -0.39 is 0 Å². The average molecular weight is 177 g/mol. The molecular formula is C8H3NO2S. The maximum atomic E-state index is 10.9. The molecule has 3 rings (SSSR count). The molecule has 0 N–H and O–H groups in total. The van der Waals surface area contributed by atoms with Crippen LogP contribution in [0.25, 0.3) is 21.5 Å². The minimum atomic E-state index is 0.00778. The van der Waals surface area contributed by atoms with Gasteiger partial charge in [0.25, 0.3) is 0 Å². The minimum absolute atomic E-state index is 0.00778. The molecule has 1 aromatic carbocycles. The number of fused-ring (bicyclic) bond motifs is 1. The summed E-state index contributed by atoms with van der Waals surface area (Å²) in [6, 6.07) is 3.85. The summed E-state index contributed by atoms with van der Waals surface area (Å²) < 4.78 is 4.80. The van der Waals surface area contributed by atoms with Gasteiger partial charge in [0.15, 0.2) is 0 Å². The summed E-state index contributed by atoms with van der Waals surface area (Å²) in [5.41, 5.74) is 1.14. The zero-order valence-electron chi connectivity index (χ0n) is 5.90. The van der Waals surface area contributed by atoms with Crippen molar-refractivity contribution < 1.29 is 4.52 Å². The van der Waals surface area contributed by atoms with Crippen molar-refractivity contribution in [2.24, 2.45) is 0 Å². The van der Waals surface area contributed by atoms with Gasteiger partial charge in [0, 0.05) is 0 Å². The summed E-state index contributed by atoms with van der Waals surface area (Å²) in [7, 11) is 0. The number of aromatic nitrogens is 1. The van der Waals surface area contributed by atoms with E-state index in [9.17, 15) is 4.79 Å². The van der Waals surface area contributed by atoms with Gasteiger partial charge in [-0.15, -0.1) is 11.3 Å². The molecule has 12 heavy (non-hydrogen) atoms. The monoisotopic (exact) mass is 177 g/mol. The second-order valence-corrected chi connectivity index (χ2v) is 3.49. The van der Waals surface area contributed by atoms with Crippen molar-refractivity contribution >= 4 is 22.3 Å². The Morgan fingerprint density at radius 3 is 3.00 bits per heavy atom. The van der Waals surface area contributed by atoms with E-state index >= 15 is 0 Å². The van der Waals surface area contributed by atoms with E-state index in [-0.39, 0.29) is 5.43 Å². The molecule has 0 spiro atoms. The van der Waals surface area contributed by atoms with E-state index in [0.717, 1.165) is 4.88 Å². The third-order valence-electron chi connectivity index (χ3n) is 1.82. The number of rotatable bonds is 1. The van der Waals surface area contributed by atoms with Gasteiger partial charge in [0.2, 0.25) is 11.0 Å². The number of hydrogen-bond acceptors (Lipinski definition) is 4. The van der Waals surface area contributed by atoms with Gasteiger partial charge in [0.05, 0.1) is 4.88 Å². The number of nitrogens with zero attached hydrogens (tertiary/aromatic N) is 1. The predicted molar refractivity (Wildman–Crippen MR) is 46.0 cm³/mol. The second-order valence-electron chi connectivity index (χ2n) is 2.54. The molecule has 0 amide bonds. The molecule has 0 aliphatic carbocycles. The molecule has 0 bridgehead atoms. The molecule has 0 aliphatic heterocycles. The molecule has 0 atom stereocenters. The van der Waals surface area contributed by atoms with Crippen LogP contribution in [-0.4, -0.2) is 5.16 Å². The fraction of sp³-hybridized carbons (Fsp3) is 0. The van der Waals surface area contributed by atoms with Gasteiger partial charge in [-0.2, -0.15) is 0 Å². The first-order chi connectivity index (χ1) is 5.88. The third-order valence-corrected chi connectivity index (χ3v) is 2.69. The molecule has 0 radical (unpaired) electrons. The van der Waals surface area contributed by atoms with Gasteiger partial charge in [-0.3, -0.25) is 4.79 Å². The first-order valence-corrected chi connectivity index (χ1v) is 4.34. The highest BCUT2D eigenvalue weighted by Gasteiger charge is 2.25. The summed E-state index contributed by atoms with van der Waals surface area (Å²) in [6.45, 7) is 0. The molecule has 2 heterocycles. The fourth-order valence-electron chi connectivity index (χ4n) is 1.17. The lowest BCUT2D eigenvalue weighted by Crippen LogP contribution is -1.79. The third kappa shape index (κ3) is 0.604. The van der Waals surface area contributed by atoms with Crippen LogP contribution in [0, 0.1) is 0 Å². The van der Waals surface area contributed by atoms with Crippen molar-refractivity contribution in [1.29, 1.82) is 0 Å². The molecule has 3 nitrogen and oxygen atoms in total. The SMILES string of the molecule is O=c1c2onc(-c3cccs3)c12. The first kappa shape index (κ1) is 6.14. The molecule has 2 aromatic heterocycles. The van der Waals surface area contributed by atoms with Crippen LogP contribution in [0.3, 0.4) is 0 Å². The van der Waals surface area contributed by atoms with E-state index in [4.69, 9.17) is 4.52 Å². The largest absolute Gasteiger partial charge is 0.351 e. The highest BCUT2D eigenvalue weighted by molar-refractivity contribution is 7.13. The second kappa shape index (κ2) is 1.84. The minimum Gasteiger partial charge on any atom is -0.351 e. The van der Waals surface area contributed by atoms with Gasteiger partial charge < -0.3 is 4.52 Å². The summed E-state index contributed by atoms with van der Waals surface area (Å²) in [5.74, 6) is 0. The highest BCUT2D eigenvalue weighted by atomic mass is 32.1. The fourth-order valence-corrected chi connectivity index (χ4v) is 1.89. The summed E-state index contributed by atoms with van der Waals surface area (Å²) in [4.78, 5) is 11.9. The van der Waals surface area contributed by atoms with Gasteiger partial charge in [-0.05, 0) is 11.4 Å². The number of thiophene rings is 1. The van der Waals surface area contributed by atoms with Crippen LogP contribution in [0.2, 0.25) is 0 Å². The first-order valence-electron chi connectivity index (χ1n) is 3.46. The van der Waals surface area contributed by atoms with Crippen molar-refractivity contribution in [1.82, 2.24) is 5.16 Å². The lowest BCUT2D eigenvalue weighted by molar-refractivity contribution is 0.460. The van der Waals surface area contributed by atoms with Crippen LogP contribution >= 0.6 is 11.3 Å². The predicted octanol–water partition coefficient (Wildman–Crippen LogP) is 1.79. The van der Waals surface area contributed by atoms with Gasteiger partial charge in [0.1, 0.15) is 11.1 Å². The standard InChI is InChI=1S/C8H3NO2S/c10-7-5-6(9-11-8(5)7)4-2-1-3-12-4/h1-3H. The Bertz CT molecular complexity index is 540. The van der Waals surface area contributed by atoms with Crippen LogP contribution < -0.4 is 5.43 Å².